The van der Waals surface area contributed by atoms with Crippen LogP contribution in [0, 0.1) is 30.5 Å². The van der Waals surface area contributed by atoms with Crippen LogP contribution in [0.2, 0.25) is 5.02 Å². The molecule has 2 aliphatic carbocycles. The molecule has 0 aliphatic heterocycles. The van der Waals surface area contributed by atoms with Crippen molar-refractivity contribution in [3.05, 3.63) is 34.1 Å². The summed E-state index contributed by atoms with van der Waals surface area (Å²) in [5.74, 6) is 2.21. The van der Waals surface area contributed by atoms with Gasteiger partial charge in [0.25, 0.3) is 0 Å². The van der Waals surface area contributed by atoms with E-state index in [0.29, 0.717) is 16.5 Å². The van der Waals surface area contributed by atoms with Gasteiger partial charge in [0.1, 0.15) is 5.82 Å². The van der Waals surface area contributed by atoms with Gasteiger partial charge in [0.05, 0.1) is 0 Å². The summed E-state index contributed by atoms with van der Waals surface area (Å²) in [6.45, 7) is 1.80. The van der Waals surface area contributed by atoms with E-state index in [9.17, 15) is 4.39 Å². The van der Waals surface area contributed by atoms with Crippen LogP contribution in [0.4, 0.5) is 4.39 Å². The van der Waals surface area contributed by atoms with E-state index in [-0.39, 0.29) is 10.6 Å². The molecule has 0 heterocycles. The fourth-order valence-electron chi connectivity index (χ4n) is 3.77. The molecule has 4 unspecified atom stereocenters. The molecule has 0 saturated heterocycles. The molecule has 1 aromatic rings. The Bertz CT molecular complexity index is 474. The van der Waals surface area contributed by atoms with Crippen LogP contribution in [0.25, 0.3) is 0 Å². The lowest BCUT2D eigenvalue weighted by Crippen LogP contribution is -2.16. The third-order valence-corrected chi connectivity index (χ3v) is 6.24. The van der Waals surface area contributed by atoms with Crippen molar-refractivity contribution in [2.75, 3.05) is 0 Å². The molecule has 0 spiro atoms. The van der Waals surface area contributed by atoms with Crippen LogP contribution in [0.5, 0.6) is 0 Å². The number of rotatable bonds is 2. The highest BCUT2D eigenvalue weighted by atomic mass is 79.9. The standard InChI is InChI=1S/C15H17BrClF/c1-8-4-12(13(17)7-14(8)18)15(16)11-6-9-2-3-10(11)5-9/h4,7,9-11,15H,2-3,5-6H2,1H3. The van der Waals surface area contributed by atoms with E-state index >= 15 is 0 Å². The molecule has 18 heavy (non-hydrogen) atoms. The summed E-state index contributed by atoms with van der Waals surface area (Å²) in [7, 11) is 0. The zero-order chi connectivity index (χ0) is 12.9. The first kappa shape index (κ1) is 12.9. The normalized spacial score (nSPS) is 31.9. The number of hydrogen-bond donors (Lipinski definition) is 0. The molecule has 0 nitrogen and oxygen atoms in total. The lowest BCUT2D eigenvalue weighted by atomic mass is 9.84. The molecule has 2 bridgehead atoms. The second-order valence-electron chi connectivity index (χ2n) is 5.86. The van der Waals surface area contributed by atoms with E-state index in [2.05, 4.69) is 15.9 Å². The van der Waals surface area contributed by atoms with Crippen LogP contribution in [0.1, 0.15) is 41.6 Å². The molecular weight excluding hydrogens is 315 g/mol. The summed E-state index contributed by atoms with van der Waals surface area (Å²) >= 11 is 10.0. The fraction of sp³-hybridized carbons (Fsp3) is 0.600. The van der Waals surface area contributed by atoms with Gasteiger partial charge in [-0.25, -0.2) is 4.39 Å². The Balaban J connectivity index is 1.88. The second-order valence-corrected chi connectivity index (χ2v) is 7.26. The summed E-state index contributed by atoms with van der Waals surface area (Å²) in [6, 6.07) is 3.36. The Kier molecular flexibility index (Phi) is 3.44. The van der Waals surface area contributed by atoms with Gasteiger partial charge in [-0.2, -0.15) is 0 Å². The number of halogens is 3. The number of fused-ring (bicyclic) bond motifs is 2. The van der Waals surface area contributed by atoms with E-state index in [1.807, 2.05) is 6.07 Å². The van der Waals surface area contributed by atoms with Gasteiger partial charge in [-0.15, -0.1) is 0 Å². The van der Waals surface area contributed by atoms with Gasteiger partial charge in [0.15, 0.2) is 0 Å². The Labute approximate surface area is 121 Å². The van der Waals surface area contributed by atoms with E-state index in [1.54, 1.807) is 6.92 Å². The number of hydrogen-bond acceptors (Lipinski definition) is 0. The first-order valence-corrected chi connectivity index (χ1v) is 7.95. The van der Waals surface area contributed by atoms with Crippen LogP contribution < -0.4 is 0 Å². The molecule has 0 radical (unpaired) electrons. The third kappa shape index (κ3) is 2.12. The van der Waals surface area contributed by atoms with Crippen LogP contribution in [-0.2, 0) is 0 Å². The first-order valence-electron chi connectivity index (χ1n) is 6.66. The van der Waals surface area contributed by atoms with Crippen molar-refractivity contribution in [1.82, 2.24) is 0 Å². The Hall–Kier alpha value is -0.0800. The summed E-state index contributed by atoms with van der Waals surface area (Å²) in [5, 5.41) is 0.558. The molecule has 2 saturated carbocycles. The largest absolute Gasteiger partial charge is 0.207 e. The highest BCUT2D eigenvalue weighted by molar-refractivity contribution is 9.09. The van der Waals surface area contributed by atoms with Crippen molar-refractivity contribution in [3.8, 4) is 0 Å². The third-order valence-electron chi connectivity index (χ3n) is 4.74. The molecule has 0 N–H and O–H groups in total. The molecular formula is C15H17BrClF. The second kappa shape index (κ2) is 4.79. The molecule has 2 fully saturated rings. The summed E-state index contributed by atoms with van der Waals surface area (Å²) < 4.78 is 13.5. The first-order chi connectivity index (χ1) is 8.56. The van der Waals surface area contributed by atoms with Crippen molar-refractivity contribution in [2.45, 2.75) is 37.4 Å². The Morgan fingerprint density at radius 3 is 2.72 bits per heavy atom. The molecule has 3 rings (SSSR count). The quantitative estimate of drug-likeness (QED) is 0.613. The minimum atomic E-state index is -0.212. The molecule has 1 aromatic carbocycles. The van der Waals surface area contributed by atoms with Gasteiger partial charge >= 0.3 is 0 Å². The van der Waals surface area contributed by atoms with Crippen molar-refractivity contribution < 1.29 is 4.39 Å². The van der Waals surface area contributed by atoms with Crippen LogP contribution >= 0.6 is 27.5 Å². The maximum Gasteiger partial charge on any atom is 0.127 e. The van der Waals surface area contributed by atoms with Gasteiger partial charge in [-0.3, -0.25) is 0 Å². The fourth-order valence-corrected chi connectivity index (χ4v) is 5.20. The van der Waals surface area contributed by atoms with Gasteiger partial charge in [-0.05, 0) is 61.1 Å². The minimum absolute atomic E-state index is 0.212. The predicted molar refractivity (Wildman–Crippen MR) is 76.8 cm³/mol. The number of aryl methyl sites for hydroxylation is 1. The van der Waals surface area contributed by atoms with Crippen LogP contribution in [0.15, 0.2) is 12.1 Å². The van der Waals surface area contributed by atoms with E-state index < -0.39 is 0 Å². The molecule has 3 heteroatoms. The zero-order valence-corrected chi connectivity index (χ0v) is 12.8. The van der Waals surface area contributed by atoms with E-state index in [0.717, 1.165) is 17.4 Å². The number of alkyl halides is 1. The van der Waals surface area contributed by atoms with Gasteiger partial charge in [-0.1, -0.05) is 40.0 Å². The predicted octanol–water partition coefficient (Wildman–Crippen LogP) is 5.66. The van der Waals surface area contributed by atoms with E-state index in [1.165, 1.54) is 31.7 Å². The molecule has 98 valence electrons. The van der Waals surface area contributed by atoms with Gasteiger partial charge in [0.2, 0.25) is 0 Å². The monoisotopic (exact) mass is 330 g/mol. The van der Waals surface area contributed by atoms with Crippen molar-refractivity contribution in [1.29, 1.82) is 0 Å². The minimum Gasteiger partial charge on any atom is -0.207 e. The lowest BCUT2D eigenvalue weighted by Gasteiger charge is -2.27. The maximum atomic E-state index is 13.5. The smallest absolute Gasteiger partial charge is 0.127 e. The average Bonchev–Trinajstić information content (AvgIpc) is 2.95. The molecule has 0 amide bonds. The zero-order valence-electron chi connectivity index (χ0n) is 10.4. The highest BCUT2D eigenvalue weighted by Gasteiger charge is 2.43. The Morgan fingerprint density at radius 2 is 2.11 bits per heavy atom. The maximum absolute atomic E-state index is 13.5. The van der Waals surface area contributed by atoms with E-state index in [4.69, 9.17) is 11.6 Å². The topological polar surface area (TPSA) is 0 Å². The van der Waals surface area contributed by atoms with Gasteiger partial charge in [0, 0.05) is 9.85 Å². The van der Waals surface area contributed by atoms with Crippen LogP contribution in [-0.4, -0.2) is 0 Å². The van der Waals surface area contributed by atoms with Crippen molar-refractivity contribution >= 4 is 27.5 Å². The van der Waals surface area contributed by atoms with Crippen LogP contribution in [0.3, 0.4) is 0 Å². The van der Waals surface area contributed by atoms with Crippen molar-refractivity contribution in [2.24, 2.45) is 17.8 Å². The summed E-state index contributed by atoms with van der Waals surface area (Å²) in [6.07, 6.45) is 5.43. The SMILES string of the molecule is Cc1cc(C(Br)C2CC3CCC2C3)c(Cl)cc1F. The molecule has 0 aromatic heterocycles. The summed E-state index contributed by atoms with van der Waals surface area (Å²) in [5.41, 5.74) is 1.75. The Morgan fingerprint density at radius 1 is 1.33 bits per heavy atom. The average molecular weight is 332 g/mol. The molecule has 2 aliphatic rings. The molecule has 4 atom stereocenters. The summed E-state index contributed by atoms with van der Waals surface area (Å²) in [4.78, 5) is 0.277. The van der Waals surface area contributed by atoms with Crippen molar-refractivity contribution in [3.63, 3.8) is 0 Å². The highest BCUT2D eigenvalue weighted by Crippen LogP contribution is 2.55. The number of benzene rings is 1. The lowest BCUT2D eigenvalue weighted by molar-refractivity contribution is 0.329. The van der Waals surface area contributed by atoms with Gasteiger partial charge < -0.3 is 0 Å².